The molecular weight excluding hydrogens is 188 g/mol. The molecule has 1 aromatic heterocycles. The molecule has 0 saturated carbocycles. The lowest BCUT2D eigenvalue weighted by atomic mass is 10.5. The number of alkyl halides is 2. The number of hydrogen-bond donors (Lipinski definition) is 1. The molecule has 0 spiro atoms. The maximum atomic E-state index is 11.9. The van der Waals surface area contributed by atoms with Crippen LogP contribution in [0.5, 0.6) is 0 Å². The maximum Gasteiger partial charge on any atom is 0.282 e. The number of halogens is 3. The van der Waals surface area contributed by atoms with E-state index in [4.69, 9.17) is 5.73 Å². The molecule has 1 heterocycles. The van der Waals surface area contributed by atoms with Crippen LogP contribution in [0.1, 0.15) is 12.1 Å². The molecule has 0 bridgehead atoms. The summed E-state index contributed by atoms with van der Waals surface area (Å²) in [6.07, 6.45) is -0.997. The van der Waals surface area contributed by atoms with E-state index in [-0.39, 0.29) is 18.1 Å². The van der Waals surface area contributed by atoms with Crippen LogP contribution in [-0.2, 0) is 6.54 Å². The molecule has 2 N–H and O–H groups in total. The Morgan fingerprint density at radius 2 is 2.25 bits per heavy atom. The molecule has 0 amide bonds. The van der Waals surface area contributed by atoms with Crippen molar-refractivity contribution in [3.63, 3.8) is 0 Å². The highest BCUT2D eigenvalue weighted by atomic mass is 35.5. The molecule has 0 aliphatic heterocycles. The van der Waals surface area contributed by atoms with Crippen LogP contribution in [0.4, 0.5) is 8.78 Å². The fraction of sp³-hybridized carbons (Fsp3) is 0.500. The number of hydrogen-bond acceptors (Lipinski definition) is 2. The molecule has 0 atom stereocenters. The lowest BCUT2D eigenvalue weighted by Crippen LogP contribution is -2.10. The molecule has 1 rings (SSSR count). The Kier molecular flexibility index (Phi) is 4.77. The second-order valence-electron chi connectivity index (χ2n) is 2.09. The molecule has 12 heavy (non-hydrogen) atoms. The quantitative estimate of drug-likeness (QED) is 0.792. The number of nitrogens with zero attached hydrogens (tertiary/aromatic N) is 2. The molecule has 70 valence electrons. The monoisotopic (exact) mass is 197 g/mol. The van der Waals surface area contributed by atoms with Crippen LogP contribution in [0.2, 0.25) is 0 Å². The van der Waals surface area contributed by atoms with Crippen LogP contribution in [0.3, 0.4) is 0 Å². The van der Waals surface area contributed by atoms with Gasteiger partial charge >= 0.3 is 0 Å². The predicted molar refractivity (Wildman–Crippen MR) is 43.5 cm³/mol. The van der Waals surface area contributed by atoms with Crippen molar-refractivity contribution in [3.8, 4) is 0 Å². The minimum atomic E-state index is -2.49. The van der Waals surface area contributed by atoms with Crippen LogP contribution >= 0.6 is 12.4 Å². The second-order valence-corrected chi connectivity index (χ2v) is 2.09. The number of rotatable bonds is 3. The lowest BCUT2D eigenvalue weighted by Gasteiger charge is -1.95. The lowest BCUT2D eigenvalue weighted by molar-refractivity contribution is 0.145. The van der Waals surface area contributed by atoms with Gasteiger partial charge in [0.1, 0.15) is 5.69 Å². The number of nitrogens with two attached hydrogens (primary N) is 1. The molecule has 0 aliphatic carbocycles. The summed E-state index contributed by atoms with van der Waals surface area (Å²) in [5, 5.41) is 3.59. The van der Waals surface area contributed by atoms with Crippen molar-refractivity contribution in [1.29, 1.82) is 0 Å². The summed E-state index contributed by atoms with van der Waals surface area (Å²) in [5.74, 6) is 0. The van der Waals surface area contributed by atoms with Gasteiger partial charge < -0.3 is 5.73 Å². The van der Waals surface area contributed by atoms with Crippen molar-refractivity contribution in [1.82, 2.24) is 9.78 Å². The molecular formula is C6H10ClF2N3. The van der Waals surface area contributed by atoms with E-state index in [0.29, 0.717) is 13.1 Å². The minimum absolute atomic E-state index is 0. The number of aromatic nitrogens is 2. The van der Waals surface area contributed by atoms with Gasteiger partial charge in [-0.2, -0.15) is 5.10 Å². The Labute approximate surface area is 75.0 Å². The van der Waals surface area contributed by atoms with Crippen LogP contribution < -0.4 is 5.73 Å². The standard InChI is InChI=1S/C6H9F2N3.ClH/c7-6(8)5-1-3-11(10-5)4-2-9;/h1,3,6H,2,4,9H2;1H. The summed E-state index contributed by atoms with van der Waals surface area (Å²) >= 11 is 0. The van der Waals surface area contributed by atoms with Crippen LogP contribution in [0.25, 0.3) is 0 Å². The molecule has 0 radical (unpaired) electrons. The largest absolute Gasteiger partial charge is 0.329 e. The molecule has 1 aromatic rings. The SMILES string of the molecule is Cl.NCCn1ccc(C(F)F)n1. The van der Waals surface area contributed by atoms with Crippen LogP contribution in [0, 0.1) is 0 Å². The molecule has 0 saturated heterocycles. The fourth-order valence-corrected chi connectivity index (χ4v) is 0.751. The summed E-state index contributed by atoms with van der Waals surface area (Å²) in [6, 6.07) is 1.29. The van der Waals surface area contributed by atoms with Gasteiger partial charge in [-0.25, -0.2) is 8.78 Å². The van der Waals surface area contributed by atoms with E-state index in [0.717, 1.165) is 0 Å². The van der Waals surface area contributed by atoms with Gasteiger partial charge in [-0.15, -0.1) is 12.4 Å². The van der Waals surface area contributed by atoms with Crippen molar-refractivity contribution in [2.75, 3.05) is 6.54 Å². The minimum Gasteiger partial charge on any atom is -0.329 e. The Bertz CT molecular complexity index is 226. The van der Waals surface area contributed by atoms with Gasteiger partial charge in [0, 0.05) is 12.7 Å². The average molecular weight is 198 g/mol. The van der Waals surface area contributed by atoms with Gasteiger partial charge in [0.25, 0.3) is 6.43 Å². The van der Waals surface area contributed by atoms with Gasteiger partial charge in [-0.1, -0.05) is 0 Å². The first-order valence-electron chi connectivity index (χ1n) is 3.25. The molecule has 0 fully saturated rings. The van der Waals surface area contributed by atoms with Crippen molar-refractivity contribution >= 4 is 12.4 Å². The molecule has 0 aliphatic rings. The maximum absolute atomic E-state index is 11.9. The highest BCUT2D eigenvalue weighted by Crippen LogP contribution is 2.14. The second kappa shape index (κ2) is 5.05. The van der Waals surface area contributed by atoms with E-state index < -0.39 is 6.43 Å². The third kappa shape index (κ3) is 2.75. The summed E-state index contributed by atoms with van der Waals surface area (Å²) in [4.78, 5) is 0. The first-order valence-corrected chi connectivity index (χ1v) is 3.25. The van der Waals surface area contributed by atoms with Gasteiger partial charge in [-0.05, 0) is 6.07 Å². The zero-order chi connectivity index (χ0) is 8.27. The van der Waals surface area contributed by atoms with E-state index >= 15 is 0 Å². The summed E-state index contributed by atoms with van der Waals surface area (Å²) in [7, 11) is 0. The van der Waals surface area contributed by atoms with E-state index in [2.05, 4.69) is 5.10 Å². The highest BCUT2D eigenvalue weighted by Gasteiger charge is 2.09. The topological polar surface area (TPSA) is 43.8 Å². The summed E-state index contributed by atoms with van der Waals surface area (Å²) in [5.41, 5.74) is 5.00. The Morgan fingerprint density at radius 3 is 2.67 bits per heavy atom. The predicted octanol–water partition coefficient (Wildman–Crippen LogP) is 1.20. The molecule has 0 aromatic carbocycles. The smallest absolute Gasteiger partial charge is 0.282 e. The van der Waals surface area contributed by atoms with E-state index in [1.807, 2.05) is 0 Å². The third-order valence-electron chi connectivity index (χ3n) is 1.24. The Morgan fingerprint density at radius 1 is 1.58 bits per heavy atom. The van der Waals surface area contributed by atoms with Gasteiger partial charge in [0.2, 0.25) is 0 Å². The normalized spacial score (nSPS) is 10.0. The Hall–Kier alpha value is -0.680. The zero-order valence-electron chi connectivity index (χ0n) is 6.28. The van der Waals surface area contributed by atoms with Gasteiger partial charge in [0.15, 0.2) is 0 Å². The van der Waals surface area contributed by atoms with Crippen molar-refractivity contribution < 1.29 is 8.78 Å². The van der Waals surface area contributed by atoms with Crippen LogP contribution in [0.15, 0.2) is 12.3 Å². The van der Waals surface area contributed by atoms with Crippen molar-refractivity contribution in [3.05, 3.63) is 18.0 Å². The van der Waals surface area contributed by atoms with Crippen molar-refractivity contribution in [2.24, 2.45) is 5.73 Å². The molecule has 3 nitrogen and oxygen atoms in total. The summed E-state index contributed by atoms with van der Waals surface area (Å²) in [6.45, 7) is 0.886. The molecule has 6 heteroatoms. The van der Waals surface area contributed by atoms with Crippen molar-refractivity contribution in [2.45, 2.75) is 13.0 Å². The van der Waals surface area contributed by atoms with E-state index in [1.165, 1.54) is 16.9 Å². The average Bonchev–Trinajstić information content (AvgIpc) is 2.37. The molecule has 0 unspecified atom stereocenters. The van der Waals surface area contributed by atoms with E-state index in [1.54, 1.807) is 0 Å². The first-order chi connectivity index (χ1) is 5.24. The Balaban J connectivity index is 0.00000121. The third-order valence-corrected chi connectivity index (χ3v) is 1.24. The van der Waals surface area contributed by atoms with Crippen LogP contribution in [-0.4, -0.2) is 16.3 Å². The zero-order valence-corrected chi connectivity index (χ0v) is 7.10. The van der Waals surface area contributed by atoms with Gasteiger partial charge in [0.05, 0.1) is 6.54 Å². The fourth-order valence-electron chi connectivity index (χ4n) is 0.751. The first kappa shape index (κ1) is 11.3. The van der Waals surface area contributed by atoms with E-state index in [9.17, 15) is 8.78 Å². The van der Waals surface area contributed by atoms with Gasteiger partial charge in [-0.3, -0.25) is 4.68 Å². The summed E-state index contributed by atoms with van der Waals surface area (Å²) < 4.78 is 25.2. The highest BCUT2D eigenvalue weighted by molar-refractivity contribution is 5.85.